The number of aryl methyl sites for hydroxylation is 1. The Kier molecular flexibility index (Phi) is 3.30. The first kappa shape index (κ1) is 10.8. The smallest absolute Gasteiger partial charge is 0.119 e. The van der Waals surface area contributed by atoms with Crippen molar-refractivity contribution in [3.05, 3.63) is 59.7 Å². The number of hydrogen-bond donors (Lipinski definition) is 0. The van der Waals surface area contributed by atoms with Gasteiger partial charge in [0.1, 0.15) is 20.2 Å². The van der Waals surface area contributed by atoms with Gasteiger partial charge in [-0.1, -0.05) is 47.4 Å². The van der Waals surface area contributed by atoms with Crippen LogP contribution in [0.2, 0.25) is 0 Å². The molecule has 0 atom stereocenters. The van der Waals surface area contributed by atoms with Gasteiger partial charge in [0.25, 0.3) is 0 Å². The molecule has 0 aromatic heterocycles. The van der Waals surface area contributed by atoms with Crippen molar-refractivity contribution in [2.75, 3.05) is 0 Å². The third kappa shape index (κ3) is 2.90. The van der Waals surface area contributed by atoms with Crippen LogP contribution in [0.4, 0.5) is 0 Å². The van der Waals surface area contributed by atoms with Gasteiger partial charge in [0.2, 0.25) is 0 Å². The summed E-state index contributed by atoms with van der Waals surface area (Å²) < 4.78 is 5.65. The molecule has 2 rings (SSSR count). The predicted molar refractivity (Wildman–Crippen MR) is 67.3 cm³/mol. The molecule has 2 aromatic rings. The van der Waals surface area contributed by atoms with Crippen molar-refractivity contribution in [3.63, 3.8) is 0 Å². The maximum Gasteiger partial charge on any atom is 0.119 e. The van der Waals surface area contributed by atoms with E-state index in [0.29, 0.717) is 6.61 Å². The summed E-state index contributed by atoms with van der Waals surface area (Å²) in [5.74, 6) is 0.843. The lowest BCUT2D eigenvalue weighted by Gasteiger charge is -2.07. The minimum absolute atomic E-state index is 0.589. The minimum Gasteiger partial charge on any atom is -0.489 e. The van der Waals surface area contributed by atoms with E-state index in [2.05, 4.69) is 25.1 Å². The highest BCUT2D eigenvalue weighted by molar-refractivity contribution is 6.32. The van der Waals surface area contributed by atoms with E-state index in [-0.39, 0.29) is 0 Å². The maximum atomic E-state index is 5.65. The van der Waals surface area contributed by atoms with Crippen LogP contribution in [-0.2, 0) is 6.61 Å². The van der Waals surface area contributed by atoms with E-state index in [0.717, 1.165) is 11.2 Å². The van der Waals surface area contributed by atoms with Crippen LogP contribution in [0.1, 0.15) is 11.1 Å². The Morgan fingerprint density at radius 1 is 1.06 bits per heavy atom. The van der Waals surface area contributed by atoms with E-state index >= 15 is 0 Å². The normalized spacial score (nSPS) is 10.1. The number of rotatable bonds is 3. The molecule has 0 unspecified atom stereocenters. The van der Waals surface area contributed by atoms with Crippen LogP contribution in [-0.4, -0.2) is 7.85 Å². The van der Waals surface area contributed by atoms with Crippen LogP contribution in [0.5, 0.6) is 5.75 Å². The highest BCUT2D eigenvalue weighted by atomic mass is 16.5. The first-order chi connectivity index (χ1) is 7.74. The van der Waals surface area contributed by atoms with Crippen LogP contribution in [0.25, 0.3) is 0 Å². The van der Waals surface area contributed by atoms with Crippen LogP contribution in [0.3, 0.4) is 0 Å². The zero-order valence-corrected chi connectivity index (χ0v) is 9.31. The topological polar surface area (TPSA) is 9.23 Å². The van der Waals surface area contributed by atoms with Gasteiger partial charge in [0, 0.05) is 0 Å². The molecule has 2 aromatic carbocycles. The largest absolute Gasteiger partial charge is 0.489 e. The molecule has 0 aliphatic rings. The van der Waals surface area contributed by atoms with Gasteiger partial charge in [0.05, 0.1) is 0 Å². The number of ether oxygens (including phenoxy) is 1. The van der Waals surface area contributed by atoms with E-state index in [9.17, 15) is 0 Å². The molecule has 0 amide bonds. The Bertz CT molecular complexity index is 462. The fourth-order valence-electron chi connectivity index (χ4n) is 1.53. The molecule has 2 radical (unpaired) electrons. The molecule has 0 bridgehead atoms. The van der Waals surface area contributed by atoms with Crippen molar-refractivity contribution in [1.29, 1.82) is 0 Å². The fraction of sp³-hybridized carbons (Fsp3) is 0.143. The molecule has 1 nitrogen and oxygen atoms in total. The third-order valence-corrected chi connectivity index (χ3v) is 2.37. The Morgan fingerprint density at radius 3 is 2.50 bits per heavy atom. The van der Waals surface area contributed by atoms with Crippen LogP contribution >= 0.6 is 0 Å². The number of hydrogen-bond acceptors (Lipinski definition) is 1. The highest BCUT2D eigenvalue weighted by Crippen LogP contribution is 2.11. The van der Waals surface area contributed by atoms with Gasteiger partial charge < -0.3 is 4.74 Å². The molecule has 0 aliphatic heterocycles. The highest BCUT2D eigenvalue weighted by Gasteiger charge is 1.95. The fourth-order valence-corrected chi connectivity index (χ4v) is 1.53. The number of benzene rings is 2. The van der Waals surface area contributed by atoms with Gasteiger partial charge in [-0.25, -0.2) is 0 Å². The lowest BCUT2D eigenvalue weighted by Crippen LogP contribution is -2.01. The molecule has 0 saturated heterocycles. The van der Waals surface area contributed by atoms with Crippen LogP contribution in [0.15, 0.2) is 48.5 Å². The zero-order valence-electron chi connectivity index (χ0n) is 9.31. The second kappa shape index (κ2) is 4.89. The molecule has 0 fully saturated rings. The average molecular weight is 208 g/mol. The van der Waals surface area contributed by atoms with Crippen molar-refractivity contribution in [1.82, 2.24) is 0 Å². The molecule has 0 N–H and O–H groups in total. The summed E-state index contributed by atoms with van der Waals surface area (Å²) in [5, 5.41) is 0. The van der Waals surface area contributed by atoms with Crippen molar-refractivity contribution in [2.45, 2.75) is 13.5 Å². The Labute approximate surface area is 97.5 Å². The van der Waals surface area contributed by atoms with Gasteiger partial charge >= 0.3 is 0 Å². The average Bonchev–Trinajstić information content (AvgIpc) is 2.28. The first-order valence-electron chi connectivity index (χ1n) is 5.28. The van der Waals surface area contributed by atoms with Crippen molar-refractivity contribution in [2.24, 2.45) is 0 Å². The monoisotopic (exact) mass is 208 g/mol. The molecule has 0 heterocycles. The molecule has 78 valence electrons. The van der Waals surface area contributed by atoms with Crippen molar-refractivity contribution < 1.29 is 4.74 Å². The summed E-state index contributed by atoms with van der Waals surface area (Å²) in [6, 6.07) is 15.7. The lowest BCUT2D eigenvalue weighted by atomic mass is 9.97. The summed E-state index contributed by atoms with van der Waals surface area (Å²) >= 11 is 0. The van der Waals surface area contributed by atoms with Gasteiger partial charge in [-0.2, -0.15) is 0 Å². The van der Waals surface area contributed by atoms with Gasteiger partial charge in [0.15, 0.2) is 0 Å². The van der Waals surface area contributed by atoms with E-state index in [1.165, 1.54) is 11.1 Å². The van der Waals surface area contributed by atoms with Gasteiger partial charge in [-0.3, -0.25) is 0 Å². The SMILES string of the molecule is [B]c1ccc(OCc2cccc(C)c2)cc1. The molecule has 2 heteroatoms. The summed E-state index contributed by atoms with van der Waals surface area (Å²) in [7, 11) is 5.60. The lowest BCUT2D eigenvalue weighted by molar-refractivity contribution is 0.306. The Hall–Kier alpha value is -1.70. The molecule has 0 saturated carbocycles. The first-order valence-corrected chi connectivity index (χ1v) is 5.28. The van der Waals surface area contributed by atoms with Crippen molar-refractivity contribution >= 4 is 13.3 Å². The van der Waals surface area contributed by atoms with Crippen LogP contribution in [0, 0.1) is 6.92 Å². The third-order valence-electron chi connectivity index (χ3n) is 2.37. The Balaban J connectivity index is 1.99. The second-order valence-electron chi connectivity index (χ2n) is 3.85. The molecular formula is C14H13BO. The summed E-state index contributed by atoms with van der Waals surface area (Å²) in [6.07, 6.45) is 0. The van der Waals surface area contributed by atoms with Gasteiger partial charge in [-0.05, 0) is 24.6 Å². The summed E-state index contributed by atoms with van der Waals surface area (Å²) in [6.45, 7) is 2.66. The zero-order chi connectivity index (χ0) is 11.4. The maximum absolute atomic E-state index is 5.65. The summed E-state index contributed by atoms with van der Waals surface area (Å²) in [4.78, 5) is 0. The molecule has 16 heavy (non-hydrogen) atoms. The minimum atomic E-state index is 0.589. The van der Waals surface area contributed by atoms with Crippen molar-refractivity contribution in [3.8, 4) is 5.75 Å². The van der Waals surface area contributed by atoms with Gasteiger partial charge in [-0.15, -0.1) is 0 Å². The van der Waals surface area contributed by atoms with E-state index in [4.69, 9.17) is 12.6 Å². The van der Waals surface area contributed by atoms with E-state index < -0.39 is 0 Å². The quantitative estimate of drug-likeness (QED) is 0.703. The molecule has 0 spiro atoms. The Morgan fingerprint density at radius 2 is 1.81 bits per heavy atom. The summed E-state index contributed by atoms with van der Waals surface area (Å²) in [5.41, 5.74) is 3.18. The predicted octanol–water partition coefficient (Wildman–Crippen LogP) is 2.37. The second-order valence-corrected chi connectivity index (χ2v) is 3.85. The standard InChI is InChI=1S/C14H13BO/c1-11-3-2-4-12(9-11)10-16-14-7-5-13(15)6-8-14/h2-9H,10H2,1H3. The van der Waals surface area contributed by atoms with E-state index in [1.807, 2.05) is 30.3 Å². The van der Waals surface area contributed by atoms with Crippen LogP contribution < -0.4 is 10.2 Å². The van der Waals surface area contributed by atoms with E-state index in [1.54, 1.807) is 0 Å². The molecular weight excluding hydrogens is 195 g/mol. The molecule has 0 aliphatic carbocycles.